The molecule has 0 unspecified atom stereocenters. The maximum atomic E-state index is 12.7. The van der Waals surface area contributed by atoms with Crippen molar-refractivity contribution in [2.45, 2.75) is 58.2 Å². The summed E-state index contributed by atoms with van der Waals surface area (Å²) in [5, 5.41) is 11.9. The van der Waals surface area contributed by atoms with Crippen LogP contribution in [0.15, 0.2) is 0 Å². The molecule has 1 atom stereocenters. The van der Waals surface area contributed by atoms with Gasteiger partial charge in [-0.15, -0.1) is 10.2 Å². The summed E-state index contributed by atoms with van der Waals surface area (Å²) in [5.41, 5.74) is 0. The van der Waals surface area contributed by atoms with Crippen molar-refractivity contribution in [2.75, 3.05) is 26.2 Å². The number of piperazine rings is 1. The fourth-order valence-corrected chi connectivity index (χ4v) is 3.89. The zero-order valence-electron chi connectivity index (χ0n) is 14.7. The molecule has 2 aliphatic heterocycles. The van der Waals surface area contributed by atoms with Gasteiger partial charge in [0.25, 0.3) is 0 Å². The van der Waals surface area contributed by atoms with Crippen molar-refractivity contribution >= 4 is 6.03 Å². The van der Waals surface area contributed by atoms with E-state index in [1.165, 1.54) is 12.8 Å². The summed E-state index contributed by atoms with van der Waals surface area (Å²) in [7, 11) is 0. The zero-order chi connectivity index (χ0) is 16.7. The van der Waals surface area contributed by atoms with E-state index >= 15 is 0 Å². The molecular weight excluding hydrogens is 304 g/mol. The lowest BCUT2D eigenvalue weighted by atomic mass is 10.0. The average Bonchev–Trinajstić information content (AvgIpc) is 3.19. The third kappa shape index (κ3) is 3.01. The van der Waals surface area contributed by atoms with Crippen LogP contribution in [-0.4, -0.2) is 62.8 Å². The lowest BCUT2D eigenvalue weighted by Gasteiger charge is -2.36. The van der Waals surface area contributed by atoms with Gasteiger partial charge in [-0.1, -0.05) is 13.8 Å². The van der Waals surface area contributed by atoms with E-state index in [1.54, 1.807) is 0 Å². The van der Waals surface area contributed by atoms with Crippen LogP contribution in [0, 0.1) is 5.92 Å². The highest BCUT2D eigenvalue weighted by Gasteiger charge is 2.34. The van der Waals surface area contributed by atoms with Crippen molar-refractivity contribution < 1.29 is 4.79 Å². The van der Waals surface area contributed by atoms with Gasteiger partial charge >= 0.3 is 6.03 Å². The van der Waals surface area contributed by atoms with Crippen LogP contribution in [0.4, 0.5) is 4.79 Å². The predicted octanol–water partition coefficient (Wildman–Crippen LogP) is 1.41. The molecule has 1 N–H and O–H groups in total. The molecule has 1 aliphatic carbocycles. The standard InChI is InChI=1S/C17H28N6O/c1-12(2)15(16-20-19-14-4-3-7-23(14)16)18-17(24)22-10-8-21(9-11-22)13-5-6-13/h12-13,15H,3-11H2,1-2H3,(H,18,24)/t15-/m0/s1. The summed E-state index contributed by atoms with van der Waals surface area (Å²) in [6.45, 7) is 8.89. The summed E-state index contributed by atoms with van der Waals surface area (Å²) in [6, 6.07) is 0.759. The minimum atomic E-state index is -0.0710. The molecule has 4 rings (SSSR count). The second-order valence-corrected chi connectivity index (χ2v) is 7.65. The van der Waals surface area contributed by atoms with E-state index in [0.29, 0.717) is 0 Å². The minimum absolute atomic E-state index is 0.0412. The topological polar surface area (TPSA) is 66.3 Å². The average molecular weight is 332 g/mol. The molecule has 0 bridgehead atoms. The Morgan fingerprint density at radius 1 is 1.12 bits per heavy atom. The van der Waals surface area contributed by atoms with Gasteiger partial charge in [-0.25, -0.2) is 4.79 Å². The quantitative estimate of drug-likeness (QED) is 0.905. The van der Waals surface area contributed by atoms with E-state index in [4.69, 9.17) is 0 Å². The number of nitrogens with one attached hydrogen (secondary N) is 1. The Balaban J connectivity index is 1.40. The van der Waals surface area contributed by atoms with Gasteiger partial charge in [-0.05, 0) is 25.2 Å². The molecule has 24 heavy (non-hydrogen) atoms. The smallest absolute Gasteiger partial charge is 0.318 e. The number of carbonyl (C=O) groups is 1. The highest BCUT2D eigenvalue weighted by molar-refractivity contribution is 5.74. The summed E-state index contributed by atoms with van der Waals surface area (Å²) >= 11 is 0. The molecule has 0 spiro atoms. The van der Waals surface area contributed by atoms with Crippen molar-refractivity contribution in [3.05, 3.63) is 11.6 Å². The second kappa shape index (κ2) is 6.35. The first kappa shape index (κ1) is 15.9. The predicted molar refractivity (Wildman–Crippen MR) is 90.6 cm³/mol. The molecule has 0 radical (unpaired) electrons. The molecule has 2 amide bonds. The fraction of sp³-hybridized carbons (Fsp3) is 0.824. The second-order valence-electron chi connectivity index (χ2n) is 7.65. The third-order valence-corrected chi connectivity index (χ3v) is 5.53. The van der Waals surface area contributed by atoms with E-state index in [9.17, 15) is 4.79 Å². The van der Waals surface area contributed by atoms with Crippen molar-refractivity contribution in [1.29, 1.82) is 0 Å². The summed E-state index contributed by atoms with van der Waals surface area (Å²) in [4.78, 5) is 17.2. The number of hydrogen-bond acceptors (Lipinski definition) is 4. The molecule has 7 heteroatoms. The van der Waals surface area contributed by atoms with Gasteiger partial charge in [0.05, 0.1) is 6.04 Å². The molecule has 1 saturated heterocycles. The number of fused-ring (bicyclic) bond motifs is 1. The molecule has 0 aromatic carbocycles. The van der Waals surface area contributed by atoms with Crippen LogP contribution < -0.4 is 5.32 Å². The van der Waals surface area contributed by atoms with Crippen LogP contribution in [0.2, 0.25) is 0 Å². The van der Waals surface area contributed by atoms with Crippen molar-refractivity contribution in [2.24, 2.45) is 5.92 Å². The number of nitrogens with zero attached hydrogens (tertiary/aromatic N) is 5. The van der Waals surface area contributed by atoms with E-state index in [0.717, 1.165) is 63.3 Å². The maximum absolute atomic E-state index is 12.7. The van der Waals surface area contributed by atoms with Gasteiger partial charge in [0.1, 0.15) is 5.82 Å². The number of urea groups is 1. The summed E-state index contributed by atoms with van der Waals surface area (Å²) in [6.07, 6.45) is 4.79. The van der Waals surface area contributed by atoms with Gasteiger partial charge in [0, 0.05) is 45.2 Å². The number of hydrogen-bond donors (Lipinski definition) is 1. The first-order valence-electron chi connectivity index (χ1n) is 9.35. The molecule has 2 fully saturated rings. The van der Waals surface area contributed by atoms with Gasteiger partial charge in [0.2, 0.25) is 0 Å². The monoisotopic (exact) mass is 332 g/mol. The third-order valence-electron chi connectivity index (χ3n) is 5.53. The lowest BCUT2D eigenvalue weighted by Crippen LogP contribution is -2.53. The van der Waals surface area contributed by atoms with Gasteiger partial charge in [-0.2, -0.15) is 0 Å². The van der Waals surface area contributed by atoms with Crippen LogP contribution >= 0.6 is 0 Å². The van der Waals surface area contributed by atoms with Crippen LogP contribution in [0.1, 0.15) is 50.8 Å². The minimum Gasteiger partial charge on any atom is -0.328 e. The molecule has 1 saturated carbocycles. The van der Waals surface area contributed by atoms with Crippen LogP contribution in [0.25, 0.3) is 0 Å². The first-order chi connectivity index (χ1) is 11.6. The fourth-order valence-electron chi connectivity index (χ4n) is 3.89. The first-order valence-corrected chi connectivity index (χ1v) is 9.35. The molecular formula is C17H28N6O. The number of aryl methyl sites for hydroxylation is 1. The van der Waals surface area contributed by atoms with E-state index < -0.39 is 0 Å². The lowest BCUT2D eigenvalue weighted by molar-refractivity contribution is 0.130. The Bertz CT molecular complexity index is 600. The van der Waals surface area contributed by atoms with Crippen LogP contribution in [0.3, 0.4) is 0 Å². The van der Waals surface area contributed by atoms with E-state index in [1.807, 2.05) is 4.90 Å². The van der Waals surface area contributed by atoms with Gasteiger partial charge in [-0.3, -0.25) is 4.90 Å². The van der Waals surface area contributed by atoms with Crippen molar-refractivity contribution in [1.82, 2.24) is 29.9 Å². The number of aromatic nitrogens is 3. The van der Waals surface area contributed by atoms with E-state index in [2.05, 4.69) is 38.8 Å². The highest BCUT2D eigenvalue weighted by Crippen LogP contribution is 2.28. The number of amides is 2. The summed E-state index contributed by atoms with van der Waals surface area (Å²) < 4.78 is 2.19. The molecule has 3 aliphatic rings. The van der Waals surface area contributed by atoms with Gasteiger partial charge < -0.3 is 14.8 Å². The van der Waals surface area contributed by atoms with Crippen LogP contribution in [-0.2, 0) is 13.0 Å². The molecule has 3 heterocycles. The Morgan fingerprint density at radius 3 is 2.54 bits per heavy atom. The Labute approximate surface area is 143 Å². The SMILES string of the molecule is CC(C)[C@H](NC(=O)N1CCN(C2CC2)CC1)c1nnc2n1CCC2. The zero-order valence-corrected chi connectivity index (χ0v) is 14.7. The largest absolute Gasteiger partial charge is 0.328 e. The summed E-state index contributed by atoms with van der Waals surface area (Å²) in [5.74, 6) is 2.26. The Kier molecular flexibility index (Phi) is 4.20. The van der Waals surface area contributed by atoms with E-state index in [-0.39, 0.29) is 18.0 Å². The van der Waals surface area contributed by atoms with Crippen molar-refractivity contribution in [3.63, 3.8) is 0 Å². The Hall–Kier alpha value is -1.63. The molecule has 1 aromatic heterocycles. The number of rotatable bonds is 4. The highest BCUT2D eigenvalue weighted by atomic mass is 16.2. The Morgan fingerprint density at radius 2 is 1.88 bits per heavy atom. The van der Waals surface area contributed by atoms with Crippen LogP contribution in [0.5, 0.6) is 0 Å². The van der Waals surface area contributed by atoms with Gasteiger partial charge in [0.15, 0.2) is 5.82 Å². The normalized spacial score (nSPS) is 22.7. The van der Waals surface area contributed by atoms with Crippen molar-refractivity contribution in [3.8, 4) is 0 Å². The molecule has 1 aromatic rings. The number of carbonyl (C=O) groups excluding carboxylic acids is 1. The molecule has 7 nitrogen and oxygen atoms in total. The molecule has 132 valence electrons. The maximum Gasteiger partial charge on any atom is 0.318 e.